The molecular formula is C23H24ClF2N7O2S. The summed E-state index contributed by atoms with van der Waals surface area (Å²) in [4.78, 5) is 20.7. The number of hydrogen-bond donors (Lipinski definition) is 3. The highest BCUT2D eigenvalue weighted by atomic mass is 35.5. The largest absolute Gasteiger partial charge is 0.309 e. The molecule has 9 nitrogen and oxygen atoms in total. The molecule has 3 aromatic heterocycles. The third-order valence-corrected chi connectivity index (χ3v) is 8.03. The fourth-order valence-corrected chi connectivity index (χ4v) is 5.03. The molecule has 190 valence electrons. The van der Waals surface area contributed by atoms with Gasteiger partial charge in [-0.15, -0.1) is 0 Å². The molecule has 0 spiro atoms. The van der Waals surface area contributed by atoms with Crippen molar-refractivity contribution in [1.82, 2.24) is 29.3 Å². The number of imidazole rings is 1. The number of alkyl halides is 1. The zero-order valence-corrected chi connectivity index (χ0v) is 21.5. The Hall–Kier alpha value is -2.96. The zero-order valence-electron chi connectivity index (χ0n) is 19.9. The van der Waals surface area contributed by atoms with Gasteiger partial charge in [-0.25, -0.2) is 22.7 Å². The van der Waals surface area contributed by atoms with Crippen molar-refractivity contribution in [1.29, 1.82) is 0 Å². The molecule has 3 heterocycles. The van der Waals surface area contributed by atoms with Crippen molar-refractivity contribution in [2.24, 2.45) is 5.92 Å². The van der Waals surface area contributed by atoms with Gasteiger partial charge in [-0.3, -0.25) is 14.9 Å². The summed E-state index contributed by atoms with van der Waals surface area (Å²) in [7, 11) is -1.44. The quantitative estimate of drug-likeness (QED) is 0.337. The fraction of sp³-hybridized carbons (Fsp3) is 0.391. The van der Waals surface area contributed by atoms with Crippen molar-refractivity contribution >= 4 is 50.9 Å². The number of hydrogen-bond acceptors (Lipinski definition) is 5. The lowest BCUT2D eigenvalue weighted by Crippen LogP contribution is -2.35. The van der Waals surface area contributed by atoms with Gasteiger partial charge in [0.15, 0.2) is 11.5 Å². The van der Waals surface area contributed by atoms with Crippen LogP contribution in [0.15, 0.2) is 24.8 Å². The molecule has 0 aliphatic heterocycles. The number of amides is 1. The van der Waals surface area contributed by atoms with E-state index >= 15 is 4.39 Å². The Labute approximate surface area is 212 Å². The van der Waals surface area contributed by atoms with Crippen LogP contribution in [-0.4, -0.2) is 45.6 Å². The van der Waals surface area contributed by atoms with Crippen LogP contribution < -0.4 is 10.0 Å². The van der Waals surface area contributed by atoms with Gasteiger partial charge in [-0.1, -0.05) is 11.6 Å². The molecule has 1 aromatic carbocycles. The van der Waals surface area contributed by atoms with Crippen molar-refractivity contribution in [2.45, 2.75) is 51.1 Å². The predicted octanol–water partition coefficient (Wildman–Crippen LogP) is 4.47. The van der Waals surface area contributed by atoms with E-state index in [4.69, 9.17) is 11.6 Å². The molecule has 3 N–H and O–H groups in total. The second-order valence-electron chi connectivity index (χ2n) is 9.81. The second kappa shape index (κ2) is 8.86. The van der Waals surface area contributed by atoms with Crippen molar-refractivity contribution < 1.29 is 17.8 Å². The van der Waals surface area contributed by atoms with Crippen LogP contribution in [0.4, 0.5) is 14.6 Å². The smallest absolute Gasteiger partial charge is 0.231 e. The van der Waals surface area contributed by atoms with Gasteiger partial charge in [-0.05, 0) is 34.1 Å². The summed E-state index contributed by atoms with van der Waals surface area (Å²) in [6.45, 7) is 7.16. The highest BCUT2D eigenvalue weighted by Crippen LogP contribution is 2.40. The third-order valence-electron chi connectivity index (χ3n) is 6.00. The number of carbonyl (C=O) groups is 1. The SMILES string of the molecule is C[C@H](N[S@@](=O)C(C)(C)C)c1c(F)c(Cl)c(-c2cn3cc(NC(=O)C4CC4F)nc3cn2)c2cn[nH]c12. The van der Waals surface area contributed by atoms with Crippen LogP contribution in [0.25, 0.3) is 27.8 Å². The number of nitrogens with zero attached hydrogens (tertiary/aromatic N) is 4. The van der Waals surface area contributed by atoms with E-state index in [0.717, 1.165) is 0 Å². The lowest BCUT2D eigenvalue weighted by Gasteiger charge is -2.23. The molecule has 0 radical (unpaired) electrons. The van der Waals surface area contributed by atoms with Crippen molar-refractivity contribution in [3.05, 3.63) is 41.2 Å². The maximum Gasteiger partial charge on any atom is 0.231 e. The number of rotatable bonds is 6. The van der Waals surface area contributed by atoms with Gasteiger partial charge in [0, 0.05) is 28.8 Å². The van der Waals surface area contributed by atoms with Crippen LogP contribution in [0.1, 0.15) is 45.7 Å². The lowest BCUT2D eigenvalue weighted by atomic mass is 9.99. The molecule has 1 saturated carbocycles. The number of fused-ring (bicyclic) bond motifs is 2. The molecule has 13 heteroatoms. The molecule has 2 unspecified atom stereocenters. The molecule has 4 aromatic rings. The summed E-state index contributed by atoms with van der Waals surface area (Å²) < 4.78 is 45.5. The first-order chi connectivity index (χ1) is 17.0. The summed E-state index contributed by atoms with van der Waals surface area (Å²) >= 11 is 6.54. The first-order valence-corrected chi connectivity index (χ1v) is 12.8. The molecule has 0 bridgehead atoms. The average molecular weight is 536 g/mol. The van der Waals surface area contributed by atoms with E-state index in [1.807, 2.05) is 20.8 Å². The number of aromatic amines is 1. The highest BCUT2D eigenvalue weighted by molar-refractivity contribution is 7.84. The lowest BCUT2D eigenvalue weighted by molar-refractivity contribution is -0.117. The predicted molar refractivity (Wildman–Crippen MR) is 134 cm³/mol. The van der Waals surface area contributed by atoms with Crippen LogP contribution >= 0.6 is 11.6 Å². The van der Waals surface area contributed by atoms with Gasteiger partial charge in [0.1, 0.15) is 12.0 Å². The highest BCUT2D eigenvalue weighted by Gasteiger charge is 2.43. The van der Waals surface area contributed by atoms with Gasteiger partial charge in [0.2, 0.25) is 5.91 Å². The Morgan fingerprint density at radius 2 is 2.06 bits per heavy atom. The van der Waals surface area contributed by atoms with E-state index in [1.54, 1.807) is 23.7 Å². The van der Waals surface area contributed by atoms with Crippen molar-refractivity contribution in [3.8, 4) is 11.3 Å². The van der Waals surface area contributed by atoms with E-state index < -0.39 is 45.6 Å². The Morgan fingerprint density at radius 1 is 1.33 bits per heavy atom. The van der Waals surface area contributed by atoms with Gasteiger partial charge in [0.25, 0.3) is 0 Å². The molecule has 36 heavy (non-hydrogen) atoms. The van der Waals surface area contributed by atoms with E-state index in [1.165, 1.54) is 12.4 Å². The number of aromatic nitrogens is 5. The molecule has 5 rings (SSSR count). The maximum atomic E-state index is 15.7. The fourth-order valence-electron chi connectivity index (χ4n) is 3.93. The summed E-state index contributed by atoms with van der Waals surface area (Å²) in [5.74, 6) is -1.49. The topological polar surface area (TPSA) is 117 Å². The third kappa shape index (κ3) is 4.37. The maximum absolute atomic E-state index is 15.7. The zero-order chi connectivity index (χ0) is 25.9. The summed E-state index contributed by atoms with van der Waals surface area (Å²) in [5.41, 5.74) is 1.73. The first kappa shape index (κ1) is 24.7. The number of nitrogens with one attached hydrogen (secondary N) is 3. The number of carbonyl (C=O) groups excluding carboxylic acids is 1. The number of halogens is 3. The monoisotopic (exact) mass is 535 g/mol. The Kier molecular flexibility index (Phi) is 6.08. The van der Waals surface area contributed by atoms with Crippen LogP contribution in [0.3, 0.4) is 0 Å². The van der Waals surface area contributed by atoms with Gasteiger partial charge >= 0.3 is 0 Å². The summed E-state index contributed by atoms with van der Waals surface area (Å²) in [6.07, 6.45) is 5.26. The Morgan fingerprint density at radius 3 is 2.72 bits per heavy atom. The van der Waals surface area contributed by atoms with Crippen LogP contribution in [0.5, 0.6) is 0 Å². The van der Waals surface area contributed by atoms with Gasteiger partial charge in [-0.2, -0.15) is 5.10 Å². The van der Waals surface area contributed by atoms with E-state index in [0.29, 0.717) is 27.8 Å². The number of benzene rings is 1. The van der Waals surface area contributed by atoms with Crippen molar-refractivity contribution in [2.75, 3.05) is 5.32 Å². The molecule has 0 saturated heterocycles. The van der Waals surface area contributed by atoms with Crippen LogP contribution in [-0.2, 0) is 15.8 Å². The number of H-pyrrole nitrogens is 1. The Bertz CT molecular complexity index is 1530. The average Bonchev–Trinajstić information content (AvgIpc) is 3.16. The number of anilines is 1. The minimum Gasteiger partial charge on any atom is -0.309 e. The van der Waals surface area contributed by atoms with E-state index in [2.05, 4.69) is 30.2 Å². The van der Waals surface area contributed by atoms with Crippen molar-refractivity contribution in [3.63, 3.8) is 0 Å². The molecule has 1 aliphatic carbocycles. The Balaban J connectivity index is 1.53. The molecule has 4 atom stereocenters. The van der Waals surface area contributed by atoms with Gasteiger partial charge < -0.3 is 9.72 Å². The van der Waals surface area contributed by atoms with Crippen LogP contribution in [0.2, 0.25) is 5.02 Å². The first-order valence-electron chi connectivity index (χ1n) is 11.3. The minimum absolute atomic E-state index is 0.155. The minimum atomic E-state index is -1.44. The van der Waals surface area contributed by atoms with Gasteiger partial charge in [0.05, 0.1) is 56.5 Å². The second-order valence-corrected chi connectivity index (χ2v) is 12.2. The van der Waals surface area contributed by atoms with Crippen LogP contribution in [0, 0.1) is 11.7 Å². The molecule has 1 aliphatic rings. The normalized spacial score (nSPS) is 19.5. The standard InChI is InChI=1S/C23H24ClF2N7O2S/c1-10(32-36(35)23(2,3)4)17-20(26)19(24)18(12-6-28-31-21(12)17)14-8-33-9-15(29-16(33)7-27-14)30-22(34)11-5-13(11)25/h6-11,13,32H,5H2,1-4H3,(H,28,31)(H,30,34)/t10-,11?,13?,36-/m0/s1. The van der Waals surface area contributed by atoms with E-state index in [-0.39, 0.29) is 22.8 Å². The summed E-state index contributed by atoms with van der Waals surface area (Å²) in [6, 6.07) is -0.634. The molecular weight excluding hydrogens is 512 g/mol. The van der Waals surface area contributed by atoms with E-state index in [9.17, 15) is 13.4 Å². The summed E-state index contributed by atoms with van der Waals surface area (Å²) in [5, 5.41) is 9.90. The molecule has 1 amide bonds. The molecule has 1 fully saturated rings.